The van der Waals surface area contributed by atoms with Crippen molar-refractivity contribution in [2.45, 2.75) is 31.3 Å². The molecule has 2 N–H and O–H groups in total. The Kier molecular flexibility index (Phi) is 5.43. The second-order valence-corrected chi connectivity index (χ2v) is 6.88. The summed E-state index contributed by atoms with van der Waals surface area (Å²) >= 11 is 0. The number of nitrogens with two attached hydrogens (primary N) is 1. The van der Waals surface area contributed by atoms with Crippen LogP contribution in [0.4, 0.5) is 4.39 Å². The van der Waals surface area contributed by atoms with Crippen LogP contribution >= 0.6 is 0 Å². The number of sulfonamides is 1. The van der Waals surface area contributed by atoms with E-state index in [0.717, 1.165) is 18.2 Å². The van der Waals surface area contributed by atoms with Gasteiger partial charge in [-0.1, -0.05) is 0 Å². The smallest absolute Gasteiger partial charge is 0.338 e. The van der Waals surface area contributed by atoms with E-state index < -0.39 is 26.7 Å². The Balaban J connectivity index is 2.73. The molecule has 0 atom stereocenters. The van der Waals surface area contributed by atoms with E-state index in [9.17, 15) is 17.6 Å². The molecule has 0 saturated heterocycles. The highest BCUT2D eigenvalue weighted by Crippen LogP contribution is 2.14. The summed E-state index contributed by atoms with van der Waals surface area (Å²) in [5.74, 6) is -1.74. The Hall–Kier alpha value is -1.51. The number of esters is 1. The monoisotopic (exact) mass is 319 g/mol. The summed E-state index contributed by atoms with van der Waals surface area (Å²) in [6, 6.07) is 2.57. The Morgan fingerprint density at radius 1 is 1.24 bits per heavy atom. The van der Waals surface area contributed by atoms with Gasteiger partial charge in [0.15, 0.2) is 0 Å². The van der Waals surface area contributed by atoms with Gasteiger partial charge in [0.2, 0.25) is 10.0 Å². The van der Waals surface area contributed by atoms with E-state index in [4.69, 9.17) is 14.6 Å². The zero-order valence-corrected chi connectivity index (χ0v) is 12.9. The van der Waals surface area contributed by atoms with E-state index >= 15 is 0 Å². The molecule has 0 bridgehead atoms. The summed E-state index contributed by atoms with van der Waals surface area (Å²) < 4.78 is 45.9. The van der Waals surface area contributed by atoms with Crippen LogP contribution in [0.25, 0.3) is 0 Å². The third kappa shape index (κ3) is 6.19. The van der Waals surface area contributed by atoms with Crippen molar-refractivity contribution in [3.63, 3.8) is 0 Å². The molecule has 0 radical (unpaired) electrons. The lowest BCUT2D eigenvalue weighted by Crippen LogP contribution is -2.22. The highest BCUT2D eigenvalue weighted by Gasteiger charge is 2.16. The van der Waals surface area contributed by atoms with Crippen molar-refractivity contribution in [3.8, 4) is 0 Å². The summed E-state index contributed by atoms with van der Waals surface area (Å²) in [5.41, 5.74) is -0.596. The molecule has 0 unspecified atom stereocenters. The molecule has 8 heteroatoms. The molecule has 0 fully saturated rings. The van der Waals surface area contributed by atoms with Gasteiger partial charge in [-0.3, -0.25) is 0 Å². The third-order valence-corrected chi connectivity index (χ3v) is 3.18. The van der Waals surface area contributed by atoms with Gasteiger partial charge in [0.05, 0.1) is 22.7 Å². The molecule has 0 aromatic heterocycles. The minimum absolute atomic E-state index is 0.0304. The zero-order chi connectivity index (χ0) is 16.3. The van der Waals surface area contributed by atoms with Gasteiger partial charge in [0, 0.05) is 0 Å². The van der Waals surface area contributed by atoms with Crippen LogP contribution < -0.4 is 5.14 Å². The van der Waals surface area contributed by atoms with Gasteiger partial charge in [-0.25, -0.2) is 22.7 Å². The van der Waals surface area contributed by atoms with Gasteiger partial charge in [-0.15, -0.1) is 0 Å². The minimum Gasteiger partial charge on any atom is -0.460 e. The van der Waals surface area contributed by atoms with E-state index in [-0.39, 0.29) is 24.4 Å². The standard InChI is InChI=1S/C13H18FNO5S/c1-13(2,3)20-5-4-19-12(16)9-6-10(14)8-11(7-9)21(15,17)18/h6-8H,4-5H2,1-3H3,(H2,15,17,18). The molecule has 1 aromatic carbocycles. The molecular formula is C13H18FNO5S. The predicted molar refractivity (Wildman–Crippen MR) is 73.8 cm³/mol. The average molecular weight is 319 g/mol. The topological polar surface area (TPSA) is 95.7 Å². The van der Waals surface area contributed by atoms with Crippen molar-refractivity contribution in [3.05, 3.63) is 29.6 Å². The zero-order valence-electron chi connectivity index (χ0n) is 12.1. The molecule has 0 aliphatic rings. The van der Waals surface area contributed by atoms with Crippen LogP contribution in [0.1, 0.15) is 31.1 Å². The van der Waals surface area contributed by atoms with Gasteiger partial charge in [0.1, 0.15) is 12.4 Å². The van der Waals surface area contributed by atoms with Crippen molar-refractivity contribution in [2.24, 2.45) is 5.14 Å². The first-order chi connectivity index (χ1) is 9.49. The first-order valence-electron chi connectivity index (χ1n) is 6.13. The van der Waals surface area contributed by atoms with Crippen LogP contribution in [-0.2, 0) is 19.5 Å². The van der Waals surface area contributed by atoms with Crippen LogP contribution in [0.3, 0.4) is 0 Å². The Morgan fingerprint density at radius 3 is 2.38 bits per heavy atom. The number of benzene rings is 1. The Labute approximate surface area is 123 Å². The summed E-state index contributed by atoms with van der Waals surface area (Å²) in [4.78, 5) is 11.2. The fraction of sp³-hybridized carbons (Fsp3) is 0.462. The SMILES string of the molecule is CC(C)(C)OCCOC(=O)c1cc(F)cc(S(N)(=O)=O)c1. The maximum Gasteiger partial charge on any atom is 0.338 e. The fourth-order valence-electron chi connectivity index (χ4n) is 1.41. The molecule has 6 nitrogen and oxygen atoms in total. The van der Waals surface area contributed by atoms with Crippen LogP contribution in [0.15, 0.2) is 23.1 Å². The van der Waals surface area contributed by atoms with Crippen molar-refractivity contribution >= 4 is 16.0 Å². The second-order valence-electron chi connectivity index (χ2n) is 5.32. The lowest BCUT2D eigenvalue weighted by molar-refractivity contribution is -0.0281. The highest BCUT2D eigenvalue weighted by molar-refractivity contribution is 7.89. The number of primary sulfonamides is 1. The molecule has 0 heterocycles. The molecule has 0 aliphatic heterocycles. The van der Waals surface area contributed by atoms with Crippen molar-refractivity contribution in [1.82, 2.24) is 0 Å². The largest absolute Gasteiger partial charge is 0.460 e. The molecule has 0 aliphatic carbocycles. The first kappa shape index (κ1) is 17.5. The number of rotatable bonds is 5. The molecule has 21 heavy (non-hydrogen) atoms. The van der Waals surface area contributed by atoms with E-state index in [1.54, 1.807) is 0 Å². The highest BCUT2D eigenvalue weighted by atomic mass is 32.2. The van der Waals surface area contributed by atoms with Gasteiger partial charge >= 0.3 is 5.97 Å². The first-order valence-corrected chi connectivity index (χ1v) is 7.68. The minimum atomic E-state index is -4.10. The predicted octanol–water partition coefficient (Wildman–Crippen LogP) is 1.45. The molecule has 1 aromatic rings. The van der Waals surface area contributed by atoms with Crippen LogP contribution in [0.5, 0.6) is 0 Å². The van der Waals surface area contributed by atoms with Gasteiger partial charge < -0.3 is 9.47 Å². The Morgan fingerprint density at radius 2 is 1.86 bits per heavy atom. The van der Waals surface area contributed by atoms with E-state index in [1.807, 2.05) is 20.8 Å². The third-order valence-electron chi connectivity index (χ3n) is 2.29. The Bertz CT molecular complexity index is 622. The maximum atomic E-state index is 13.3. The van der Waals surface area contributed by atoms with Gasteiger partial charge in [-0.05, 0) is 39.0 Å². The maximum absolute atomic E-state index is 13.3. The number of halogens is 1. The molecule has 0 spiro atoms. The molecule has 118 valence electrons. The van der Waals surface area contributed by atoms with E-state index in [0.29, 0.717) is 0 Å². The summed E-state index contributed by atoms with van der Waals surface area (Å²) in [7, 11) is -4.10. The lowest BCUT2D eigenvalue weighted by atomic mass is 10.2. The average Bonchev–Trinajstić information content (AvgIpc) is 2.31. The summed E-state index contributed by atoms with van der Waals surface area (Å²) in [5, 5.41) is 4.90. The normalized spacial score (nSPS) is 12.2. The number of ether oxygens (including phenoxy) is 2. The number of carbonyl (C=O) groups excluding carboxylic acids is 1. The molecule has 1 rings (SSSR count). The molecule has 0 amide bonds. The summed E-state index contributed by atoms with van der Waals surface area (Å²) in [6.45, 7) is 5.68. The fourth-order valence-corrected chi connectivity index (χ4v) is 1.98. The number of hydrogen-bond acceptors (Lipinski definition) is 5. The van der Waals surface area contributed by atoms with Gasteiger partial charge in [0.25, 0.3) is 0 Å². The summed E-state index contributed by atoms with van der Waals surface area (Å²) in [6.07, 6.45) is 0. The van der Waals surface area contributed by atoms with Crippen LogP contribution in [-0.4, -0.2) is 33.2 Å². The van der Waals surface area contributed by atoms with Crippen molar-refractivity contribution in [1.29, 1.82) is 0 Å². The lowest BCUT2D eigenvalue weighted by Gasteiger charge is -2.19. The van der Waals surface area contributed by atoms with Crippen molar-refractivity contribution in [2.75, 3.05) is 13.2 Å². The van der Waals surface area contributed by atoms with Crippen LogP contribution in [0.2, 0.25) is 0 Å². The van der Waals surface area contributed by atoms with E-state index in [2.05, 4.69) is 0 Å². The second kappa shape index (κ2) is 6.50. The molecular weight excluding hydrogens is 301 g/mol. The number of hydrogen-bond donors (Lipinski definition) is 1. The van der Waals surface area contributed by atoms with Crippen LogP contribution in [0, 0.1) is 5.82 Å². The number of carbonyl (C=O) groups is 1. The van der Waals surface area contributed by atoms with Gasteiger partial charge in [-0.2, -0.15) is 0 Å². The quantitative estimate of drug-likeness (QED) is 0.654. The molecule has 0 saturated carbocycles. The van der Waals surface area contributed by atoms with Crippen molar-refractivity contribution < 1.29 is 27.1 Å². The van der Waals surface area contributed by atoms with E-state index in [1.165, 1.54) is 0 Å².